The fraction of sp³-hybridized carbons (Fsp3) is 0.111. The molecule has 4 heteroatoms. The highest BCUT2D eigenvalue weighted by Crippen LogP contribution is 2.12. The molecule has 4 nitrogen and oxygen atoms in total. The first-order valence-electron chi connectivity index (χ1n) is 3.61. The lowest BCUT2D eigenvalue weighted by Gasteiger charge is -2.09. The Hall–Kier alpha value is -1.68. The second kappa shape index (κ2) is 3.82. The molecule has 0 saturated carbocycles. The van der Waals surface area contributed by atoms with Gasteiger partial charge in [0, 0.05) is 0 Å². The topological polar surface area (TPSA) is 77.4 Å². The predicted octanol–water partition coefficient (Wildman–Crippen LogP) is -0.961. The van der Waals surface area contributed by atoms with E-state index in [2.05, 4.69) is 0 Å². The van der Waals surface area contributed by atoms with Gasteiger partial charge in [0.2, 0.25) is 5.78 Å². The Labute approximate surface area is 74.4 Å². The van der Waals surface area contributed by atoms with E-state index < -0.39 is 17.9 Å². The van der Waals surface area contributed by atoms with Gasteiger partial charge < -0.3 is 15.0 Å². The van der Waals surface area contributed by atoms with Crippen molar-refractivity contribution in [2.75, 3.05) is 0 Å². The fourth-order valence-electron chi connectivity index (χ4n) is 0.898. The van der Waals surface area contributed by atoms with Gasteiger partial charge in [-0.2, -0.15) is 0 Å². The molecule has 0 aromatic heterocycles. The van der Waals surface area contributed by atoms with Gasteiger partial charge in [0.15, 0.2) is 0 Å². The number of carboxylic acids is 1. The van der Waals surface area contributed by atoms with Gasteiger partial charge in [0.1, 0.15) is 12.1 Å². The van der Waals surface area contributed by atoms with Crippen LogP contribution >= 0.6 is 0 Å². The maximum Gasteiger partial charge on any atom is 0.211 e. The molecule has 0 spiro atoms. The standard InChI is InChI=1S/C9H8O4/c10-7(8(11)9(12)13)6-4-2-1-3-5-6/h1-5,7,10H,(H,12,13)/p-1. The zero-order valence-corrected chi connectivity index (χ0v) is 6.64. The highest BCUT2D eigenvalue weighted by atomic mass is 16.4. The van der Waals surface area contributed by atoms with Crippen LogP contribution in [0.5, 0.6) is 0 Å². The van der Waals surface area contributed by atoms with Gasteiger partial charge in [0.05, 0.1) is 0 Å². The van der Waals surface area contributed by atoms with Crippen LogP contribution in [0.2, 0.25) is 0 Å². The van der Waals surface area contributed by atoms with E-state index in [0.29, 0.717) is 0 Å². The molecule has 1 rings (SSSR count). The molecule has 1 unspecified atom stereocenters. The average Bonchev–Trinajstić information content (AvgIpc) is 2.17. The van der Waals surface area contributed by atoms with Gasteiger partial charge in [-0.3, -0.25) is 4.79 Å². The first-order chi connectivity index (χ1) is 6.13. The van der Waals surface area contributed by atoms with Crippen LogP contribution in [0.3, 0.4) is 0 Å². The highest BCUT2D eigenvalue weighted by Gasteiger charge is 2.17. The molecule has 0 amide bonds. The number of hydrogen-bond donors (Lipinski definition) is 1. The largest absolute Gasteiger partial charge is 0.542 e. The molecule has 0 bridgehead atoms. The number of rotatable bonds is 3. The molecule has 0 aliphatic carbocycles. The SMILES string of the molecule is O=C([O-])C(=O)C(O)c1ccccc1. The molecule has 0 heterocycles. The maximum atomic E-state index is 10.7. The maximum absolute atomic E-state index is 10.7. The molecule has 1 aromatic rings. The van der Waals surface area contributed by atoms with Crippen molar-refractivity contribution in [2.45, 2.75) is 6.10 Å². The average molecular weight is 179 g/mol. The summed E-state index contributed by atoms with van der Waals surface area (Å²) in [6.45, 7) is 0. The third-order valence-corrected chi connectivity index (χ3v) is 1.56. The molecule has 1 atom stereocenters. The number of carboxylic acid groups (broad SMARTS) is 1. The molecule has 0 aliphatic heterocycles. The molecule has 1 aromatic carbocycles. The van der Waals surface area contributed by atoms with E-state index in [1.54, 1.807) is 18.2 Å². The second-order valence-electron chi connectivity index (χ2n) is 2.46. The number of aliphatic hydroxyl groups excluding tert-OH is 1. The summed E-state index contributed by atoms with van der Waals surface area (Å²) in [5, 5.41) is 19.3. The van der Waals surface area contributed by atoms with E-state index in [1.165, 1.54) is 12.1 Å². The van der Waals surface area contributed by atoms with Crippen LogP contribution in [0.15, 0.2) is 30.3 Å². The summed E-state index contributed by atoms with van der Waals surface area (Å²) in [6.07, 6.45) is -1.63. The smallest absolute Gasteiger partial charge is 0.211 e. The molecule has 0 aliphatic rings. The van der Waals surface area contributed by atoms with Crippen LogP contribution in [0.1, 0.15) is 11.7 Å². The number of carbonyl (C=O) groups excluding carboxylic acids is 2. The molecule has 0 saturated heterocycles. The van der Waals surface area contributed by atoms with Gasteiger partial charge in [-0.15, -0.1) is 0 Å². The number of hydrogen-bond acceptors (Lipinski definition) is 4. The molecule has 13 heavy (non-hydrogen) atoms. The minimum Gasteiger partial charge on any atom is -0.542 e. The van der Waals surface area contributed by atoms with E-state index >= 15 is 0 Å². The van der Waals surface area contributed by atoms with E-state index in [-0.39, 0.29) is 5.56 Å². The van der Waals surface area contributed by atoms with Crippen molar-refractivity contribution in [1.29, 1.82) is 0 Å². The zero-order valence-electron chi connectivity index (χ0n) is 6.64. The Kier molecular flexibility index (Phi) is 2.76. The summed E-state index contributed by atoms with van der Waals surface area (Å²) in [7, 11) is 0. The summed E-state index contributed by atoms with van der Waals surface area (Å²) in [5.41, 5.74) is 0.247. The van der Waals surface area contributed by atoms with Crippen molar-refractivity contribution in [1.82, 2.24) is 0 Å². The van der Waals surface area contributed by atoms with E-state index in [0.717, 1.165) is 0 Å². The van der Waals surface area contributed by atoms with Gasteiger partial charge in [-0.1, -0.05) is 30.3 Å². The molecule has 0 radical (unpaired) electrons. The fourth-order valence-corrected chi connectivity index (χ4v) is 0.898. The van der Waals surface area contributed by atoms with Gasteiger partial charge in [-0.05, 0) is 5.56 Å². The summed E-state index contributed by atoms with van der Waals surface area (Å²) in [5.74, 6) is -3.21. The third kappa shape index (κ3) is 2.13. The molecule has 1 N–H and O–H groups in total. The van der Waals surface area contributed by atoms with Gasteiger partial charge in [0.25, 0.3) is 0 Å². The van der Waals surface area contributed by atoms with Crippen LogP contribution in [0.25, 0.3) is 0 Å². The summed E-state index contributed by atoms with van der Waals surface area (Å²) >= 11 is 0. The minimum atomic E-state index is -1.88. The lowest BCUT2D eigenvalue weighted by molar-refractivity contribution is -0.300. The van der Waals surface area contributed by atoms with Crippen molar-refractivity contribution in [3.05, 3.63) is 35.9 Å². The monoisotopic (exact) mass is 179 g/mol. The summed E-state index contributed by atoms with van der Waals surface area (Å²) < 4.78 is 0. The number of carbonyl (C=O) groups is 2. The van der Waals surface area contributed by atoms with Crippen molar-refractivity contribution in [3.8, 4) is 0 Å². The number of ketones is 1. The van der Waals surface area contributed by atoms with Crippen molar-refractivity contribution in [3.63, 3.8) is 0 Å². The minimum absolute atomic E-state index is 0.247. The second-order valence-corrected chi connectivity index (χ2v) is 2.46. The van der Waals surface area contributed by atoms with Gasteiger partial charge in [-0.25, -0.2) is 0 Å². The van der Waals surface area contributed by atoms with Crippen molar-refractivity contribution < 1.29 is 19.8 Å². The number of Topliss-reactive ketones (excluding diaryl/α,β-unsaturated/α-hetero) is 1. The van der Waals surface area contributed by atoms with Crippen molar-refractivity contribution >= 4 is 11.8 Å². The Morgan fingerprint density at radius 3 is 2.23 bits per heavy atom. The van der Waals surface area contributed by atoms with Crippen LogP contribution in [0.4, 0.5) is 0 Å². The number of benzene rings is 1. The predicted molar refractivity (Wildman–Crippen MR) is 41.4 cm³/mol. The molecule has 0 fully saturated rings. The van der Waals surface area contributed by atoms with Crippen LogP contribution in [-0.4, -0.2) is 16.9 Å². The lowest BCUT2D eigenvalue weighted by Crippen LogP contribution is -2.35. The molecular weight excluding hydrogens is 172 g/mol. The Balaban J connectivity index is 2.86. The summed E-state index contributed by atoms with van der Waals surface area (Å²) in [6, 6.07) is 7.82. The Bertz CT molecular complexity index is 318. The Morgan fingerprint density at radius 1 is 1.23 bits per heavy atom. The van der Waals surface area contributed by atoms with Gasteiger partial charge >= 0.3 is 0 Å². The highest BCUT2D eigenvalue weighted by molar-refractivity contribution is 6.33. The number of aliphatic hydroxyl groups is 1. The first-order valence-corrected chi connectivity index (χ1v) is 3.61. The molecular formula is C9H7O4-. The number of aliphatic carboxylic acids is 1. The van der Waals surface area contributed by atoms with E-state index in [4.69, 9.17) is 0 Å². The van der Waals surface area contributed by atoms with Crippen LogP contribution in [0, 0.1) is 0 Å². The molecule has 68 valence electrons. The third-order valence-electron chi connectivity index (χ3n) is 1.56. The first kappa shape index (κ1) is 9.41. The lowest BCUT2D eigenvalue weighted by atomic mass is 10.1. The zero-order chi connectivity index (χ0) is 9.84. The van der Waals surface area contributed by atoms with Crippen molar-refractivity contribution in [2.24, 2.45) is 0 Å². The van der Waals surface area contributed by atoms with Crippen LogP contribution < -0.4 is 5.11 Å². The summed E-state index contributed by atoms with van der Waals surface area (Å²) in [4.78, 5) is 20.8. The normalized spacial score (nSPS) is 12.1. The van der Waals surface area contributed by atoms with Crippen LogP contribution in [-0.2, 0) is 9.59 Å². The Morgan fingerprint density at radius 2 is 1.77 bits per heavy atom. The van der Waals surface area contributed by atoms with E-state index in [1.807, 2.05) is 0 Å². The van der Waals surface area contributed by atoms with E-state index in [9.17, 15) is 19.8 Å². The quantitative estimate of drug-likeness (QED) is 0.606.